The monoisotopic (exact) mass is 492 g/mol. The SMILES string of the molecule is C[C@@H](NCC1CCN(C(=O)c2ccc(C(=O)O)cc2)CC1c1ccccc1)c1cccc2ccccc12. The van der Waals surface area contributed by atoms with E-state index < -0.39 is 5.97 Å². The molecule has 0 aliphatic carbocycles. The minimum atomic E-state index is -0.991. The number of nitrogens with one attached hydrogen (secondary N) is 1. The molecule has 1 saturated heterocycles. The van der Waals surface area contributed by atoms with Crippen LogP contribution >= 0.6 is 0 Å². The van der Waals surface area contributed by atoms with E-state index in [9.17, 15) is 9.59 Å². The molecular formula is C32H32N2O3. The second kappa shape index (κ2) is 11.0. The Morgan fingerprint density at radius 1 is 0.892 bits per heavy atom. The molecule has 1 heterocycles. The fourth-order valence-electron chi connectivity index (χ4n) is 5.51. The van der Waals surface area contributed by atoms with Crippen LogP contribution in [0.3, 0.4) is 0 Å². The molecule has 3 atom stereocenters. The van der Waals surface area contributed by atoms with Crippen molar-refractivity contribution in [2.24, 2.45) is 5.92 Å². The molecule has 5 nitrogen and oxygen atoms in total. The van der Waals surface area contributed by atoms with Crippen LogP contribution < -0.4 is 5.32 Å². The van der Waals surface area contributed by atoms with E-state index in [0.29, 0.717) is 24.6 Å². The van der Waals surface area contributed by atoms with Crippen molar-refractivity contribution >= 4 is 22.6 Å². The number of hydrogen-bond donors (Lipinski definition) is 2. The van der Waals surface area contributed by atoms with Crippen LogP contribution in [0.1, 0.15) is 57.1 Å². The Hall–Kier alpha value is -3.96. The molecule has 4 aromatic rings. The lowest BCUT2D eigenvalue weighted by Gasteiger charge is -2.39. The summed E-state index contributed by atoms with van der Waals surface area (Å²) in [5.74, 6) is -0.440. The number of amides is 1. The molecule has 1 amide bonds. The third kappa shape index (κ3) is 5.42. The number of rotatable bonds is 7. The Kier molecular flexibility index (Phi) is 7.33. The van der Waals surface area contributed by atoms with Crippen LogP contribution in [0.5, 0.6) is 0 Å². The van der Waals surface area contributed by atoms with Gasteiger partial charge < -0.3 is 15.3 Å². The van der Waals surface area contributed by atoms with Crippen LogP contribution in [0.15, 0.2) is 97.1 Å². The quantitative estimate of drug-likeness (QED) is 0.325. The van der Waals surface area contributed by atoms with E-state index >= 15 is 0 Å². The molecule has 1 fully saturated rings. The summed E-state index contributed by atoms with van der Waals surface area (Å²) in [4.78, 5) is 26.4. The molecule has 2 unspecified atom stereocenters. The fourth-order valence-corrected chi connectivity index (χ4v) is 5.51. The number of hydrogen-bond acceptors (Lipinski definition) is 3. The van der Waals surface area contributed by atoms with Crippen LogP contribution in [0, 0.1) is 5.92 Å². The Balaban J connectivity index is 1.32. The van der Waals surface area contributed by atoms with E-state index in [4.69, 9.17) is 5.11 Å². The van der Waals surface area contributed by atoms with E-state index in [1.807, 2.05) is 11.0 Å². The Bertz CT molecular complexity index is 1380. The standard InChI is InChI=1S/C32H32N2O3/c1-22(28-13-7-11-23-10-5-6-12-29(23)28)33-20-27-18-19-34(21-30(27)24-8-3-2-4-9-24)31(35)25-14-16-26(17-15-25)32(36)37/h2-17,22,27,30,33H,18-21H2,1H3,(H,36,37)/t22-,27?,30?/m1/s1. The fraction of sp³-hybridized carbons (Fsp3) is 0.250. The van der Waals surface area contributed by atoms with Crippen LogP contribution in [0.4, 0.5) is 0 Å². The van der Waals surface area contributed by atoms with Crippen molar-refractivity contribution in [3.8, 4) is 0 Å². The van der Waals surface area contributed by atoms with Gasteiger partial charge in [0.05, 0.1) is 5.56 Å². The summed E-state index contributed by atoms with van der Waals surface area (Å²) in [6.07, 6.45) is 0.897. The number of likely N-dealkylation sites (tertiary alicyclic amines) is 1. The zero-order chi connectivity index (χ0) is 25.8. The maximum absolute atomic E-state index is 13.3. The first-order valence-electron chi connectivity index (χ1n) is 12.9. The summed E-state index contributed by atoms with van der Waals surface area (Å²) >= 11 is 0. The lowest BCUT2D eigenvalue weighted by Crippen LogP contribution is -2.45. The number of carboxylic acid groups (broad SMARTS) is 1. The van der Waals surface area contributed by atoms with Crippen LogP contribution in [0.25, 0.3) is 10.8 Å². The summed E-state index contributed by atoms with van der Waals surface area (Å²) in [6.45, 7) is 4.40. The number of carboxylic acids is 1. The first-order valence-corrected chi connectivity index (χ1v) is 12.9. The molecule has 0 radical (unpaired) electrons. The average Bonchev–Trinajstić information content (AvgIpc) is 2.95. The van der Waals surface area contributed by atoms with E-state index in [1.54, 1.807) is 12.1 Å². The topological polar surface area (TPSA) is 69.6 Å². The smallest absolute Gasteiger partial charge is 0.335 e. The molecule has 4 aromatic carbocycles. The number of carbonyl (C=O) groups is 2. The summed E-state index contributed by atoms with van der Waals surface area (Å²) in [5, 5.41) is 15.5. The van der Waals surface area contributed by atoms with Gasteiger partial charge >= 0.3 is 5.97 Å². The van der Waals surface area contributed by atoms with Gasteiger partial charge in [-0.05, 0) is 72.0 Å². The van der Waals surface area contributed by atoms with Gasteiger partial charge in [-0.25, -0.2) is 4.79 Å². The van der Waals surface area contributed by atoms with Gasteiger partial charge in [-0.1, -0.05) is 72.8 Å². The normalized spacial score (nSPS) is 18.5. The molecule has 0 aromatic heterocycles. The second-order valence-electron chi connectivity index (χ2n) is 9.90. The predicted molar refractivity (Wildman–Crippen MR) is 147 cm³/mol. The average molecular weight is 493 g/mol. The van der Waals surface area contributed by atoms with Crippen molar-refractivity contribution in [3.63, 3.8) is 0 Å². The highest BCUT2D eigenvalue weighted by molar-refractivity contribution is 5.96. The zero-order valence-corrected chi connectivity index (χ0v) is 21.0. The van der Waals surface area contributed by atoms with E-state index in [2.05, 4.69) is 79.0 Å². The van der Waals surface area contributed by atoms with Crippen LogP contribution in [-0.2, 0) is 0 Å². The number of piperidine rings is 1. The molecule has 0 saturated carbocycles. The Morgan fingerprint density at radius 2 is 1.57 bits per heavy atom. The molecule has 188 valence electrons. The molecular weight excluding hydrogens is 460 g/mol. The third-order valence-electron chi connectivity index (χ3n) is 7.63. The molecule has 5 heteroatoms. The summed E-state index contributed by atoms with van der Waals surface area (Å²) < 4.78 is 0. The largest absolute Gasteiger partial charge is 0.478 e. The summed E-state index contributed by atoms with van der Waals surface area (Å²) in [5.41, 5.74) is 3.25. The molecule has 0 bridgehead atoms. The highest BCUT2D eigenvalue weighted by Crippen LogP contribution is 2.34. The van der Waals surface area contributed by atoms with Crippen molar-refractivity contribution in [2.45, 2.75) is 25.3 Å². The van der Waals surface area contributed by atoms with E-state index in [1.165, 1.54) is 34.0 Å². The highest BCUT2D eigenvalue weighted by atomic mass is 16.4. The predicted octanol–water partition coefficient (Wildman–Crippen LogP) is 6.13. The van der Waals surface area contributed by atoms with Crippen molar-refractivity contribution in [1.82, 2.24) is 10.2 Å². The number of nitrogens with zero attached hydrogens (tertiary/aromatic N) is 1. The number of aromatic carboxylic acids is 1. The molecule has 2 N–H and O–H groups in total. The first-order chi connectivity index (χ1) is 18.0. The van der Waals surface area contributed by atoms with Crippen LogP contribution in [-0.4, -0.2) is 41.5 Å². The van der Waals surface area contributed by atoms with Gasteiger partial charge in [-0.2, -0.15) is 0 Å². The zero-order valence-electron chi connectivity index (χ0n) is 21.0. The molecule has 1 aliphatic rings. The number of benzene rings is 4. The lowest BCUT2D eigenvalue weighted by atomic mass is 9.80. The van der Waals surface area contributed by atoms with Gasteiger partial charge in [0, 0.05) is 30.6 Å². The van der Waals surface area contributed by atoms with Crippen molar-refractivity contribution in [2.75, 3.05) is 19.6 Å². The van der Waals surface area contributed by atoms with Gasteiger partial charge in [0.2, 0.25) is 0 Å². The Morgan fingerprint density at radius 3 is 2.32 bits per heavy atom. The maximum Gasteiger partial charge on any atom is 0.335 e. The number of fused-ring (bicyclic) bond motifs is 1. The van der Waals surface area contributed by atoms with E-state index in [-0.39, 0.29) is 23.4 Å². The minimum absolute atomic E-state index is 0.0478. The first kappa shape index (κ1) is 24.7. The summed E-state index contributed by atoms with van der Waals surface area (Å²) in [6, 6.07) is 31.8. The maximum atomic E-state index is 13.3. The lowest BCUT2D eigenvalue weighted by molar-refractivity contribution is 0.0653. The minimum Gasteiger partial charge on any atom is -0.478 e. The highest BCUT2D eigenvalue weighted by Gasteiger charge is 2.33. The third-order valence-corrected chi connectivity index (χ3v) is 7.63. The van der Waals surface area contributed by atoms with Crippen molar-refractivity contribution < 1.29 is 14.7 Å². The van der Waals surface area contributed by atoms with Gasteiger partial charge in [0.1, 0.15) is 0 Å². The van der Waals surface area contributed by atoms with Gasteiger partial charge in [0.25, 0.3) is 5.91 Å². The molecule has 1 aliphatic heterocycles. The molecule has 0 spiro atoms. The van der Waals surface area contributed by atoms with Crippen LogP contribution in [0.2, 0.25) is 0 Å². The van der Waals surface area contributed by atoms with Crippen molar-refractivity contribution in [1.29, 1.82) is 0 Å². The molecule has 5 rings (SSSR count). The van der Waals surface area contributed by atoms with Gasteiger partial charge in [-0.15, -0.1) is 0 Å². The second-order valence-corrected chi connectivity index (χ2v) is 9.90. The Labute approximate surface area is 217 Å². The van der Waals surface area contributed by atoms with Gasteiger partial charge in [-0.3, -0.25) is 4.79 Å². The summed E-state index contributed by atoms with van der Waals surface area (Å²) in [7, 11) is 0. The number of carbonyl (C=O) groups excluding carboxylic acids is 1. The van der Waals surface area contributed by atoms with Gasteiger partial charge in [0.15, 0.2) is 0 Å². The molecule has 37 heavy (non-hydrogen) atoms. The van der Waals surface area contributed by atoms with E-state index in [0.717, 1.165) is 13.0 Å². The van der Waals surface area contributed by atoms with Crippen molar-refractivity contribution in [3.05, 3.63) is 119 Å².